The first kappa shape index (κ1) is 8.75. The second-order valence-corrected chi connectivity index (χ2v) is 2.20. The number of aromatic nitrogens is 2. The molecule has 0 bridgehead atoms. The molecule has 0 aliphatic rings. The van der Waals surface area contributed by atoms with Gasteiger partial charge >= 0.3 is 0 Å². The molecular formula is C7H5N5O. The zero-order chi connectivity index (χ0) is 9.84. The molecule has 0 fully saturated rings. The lowest BCUT2D eigenvalue weighted by molar-refractivity contribution is 0.0907. The minimum Gasteiger partial charge on any atom is -0.382 e. The van der Waals surface area contributed by atoms with Gasteiger partial charge < -0.3 is 5.73 Å². The van der Waals surface area contributed by atoms with Crippen molar-refractivity contribution in [2.75, 3.05) is 5.73 Å². The lowest BCUT2D eigenvalue weighted by atomic mass is 10.3. The van der Waals surface area contributed by atoms with Crippen LogP contribution in [0.5, 0.6) is 0 Å². The minimum absolute atomic E-state index is 0.0252. The van der Waals surface area contributed by atoms with Gasteiger partial charge in [0.05, 0.1) is 12.3 Å². The van der Waals surface area contributed by atoms with Gasteiger partial charge in [0.1, 0.15) is 23.9 Å². The first-order chi connectivity index (χ1) is 6.20. The van der Waals surface area contributed by atoms with Crippen molar-refractivity contribution in [2.45, 2.75) is 6.42 Å². The normalized spacial score (nSPS) is 8.77. The highest BCUT2D eigenvalue weighted by Gasteiger charge is 2.12. The zero-order valence-corrected chi connectivity index (χ0v) is 6.56. The van der Waals surface area contributed by atoms with Gasteiger partial charge in [-0.3, -0.25) is 4.79 Å². The van der Waals surface area contributed by atoms with Crippen molar-refractivity contribution in [3.05, 3.63) is 11.8 Å². The molecular weight excluding hydrogens is 170 g/mol. The Morgan fingerprint density at radius 1 is 1.69 bits per heavy atom. The summed E-state index contributed by atoms with van der Waals surface area (Å²) in [6.07, 6.45) is 0.876. The molecule has 0 saturated heterocycles. The first-order valence-electron chi connectivity index (χ1n) is 3.34. The Bertz CT molecular complexity index is 419. The molecule has 0 aliphatic heterocycles. The van der Waals surface area contributed by atoms with Crippen molar-refractivity contribution in [1.82, 2.24) is 9.78 Å². The van der Waals surface area contributed by atoms with Gasteiger partial charge in [-0.1, -0.05) is 0 Å². The Morgan fingerprint density at radius 2 is 2.38 bits per heavy atom. The van der Waals surface area contributed by atoms with Gasteiger partial charge in [0.15, 0.2) is 0 Å². The molecule has 2 N–H and O–H groups in total. The van der Waals surface area contributed by atoms with Crippen LogP contribution in [0.1, 0.15) is 16.8 Å². The number of carbonyl (C=O) groups is 1. The monoisotopic (exact) mass is 175 g/mol. The molecule has 0 amide bonds. The van der Waals surface area contributed by atoms with E-state index in [0.717, 1.165) is 4.68 Å². The van der Waals surface area contributed by atoms with Crippen LogP contribution in [-0.4, -0.2) is 15.7 Å². The van der Waals surface area contributed by atoms with Gasteiger partial charge in [0.2, 0.25) is 0 Å². The Morgan fingerprint density at radius 3 is 2.85 bits per heavy atom. The Kier molecular flexibility index (Phi) is 2.27. The summed E-state index contributed by atoms with van der Waals surface area (Å²) in [6.45, 7) is 0. The van der Waals surface area contributed by atoms with Gasteiger partial charge in [-0.15, -0.1) is 0 Å². The number of nitrogen functional groups attached to an aromatic ring is 1. The number of anilines is 1. The smallest absolute Gasteiger partial charge is 0.262 e. The molecule has 0 saturated carbocycles. The molecule has 0 unspecified atom stereocenters. The molecule has 0 radical (unpaired) electrons. The third kappa shape index (κ3) is 1.47. The maximum atomic E-state index is 11.1. The molecule has 6 heteroatoms. The lowest BCUT2D eigenvalue weighted by Crippen LogP contribution is -2.14. The Balaban J connectivity index is 3.06. The molecule has 0 atom stereocenters. The van der Waals surface area contributed by atoms with Gasteiger partial charge in [0, 0.05) is 0 Å². The van der Waals surface area contributed by atoms with E-state index in [9.17, 15) is 4.79 Å². The van der Waals surface area contributed by atoms with E-state index in [0.29, 0.717) is 0 Å². The van der Waals surface area contributed by atoms with Crippen LogP contribution in [0.2, 0.25) is 0 Å². The van der Waals surface area contributed by atoms with Crippen molar-refractivity contribution in [3.8, 4) is 12.1 Å². The molecule has 64 valence electrons. The van der Waals surface area contributed by atoms with Gasteiger partial charge in [-0.05, 0) is 0 Å². The SMILES string of the molecule is N#CCC(=O)n1ncc(C#N)c1N. The molecule has 1 heterocycles. The topological polar surface area (TPSA) is 108 Å². The maximum Gasteiger partial charge on any atom is 0.262 e. The van der Waals surface area contributed by atoms with Gasteiger partial charge in [-0.2, -0.15) is 20.3 Å². The first-order valence-corrected chi connectivity index (χ1v) is 3.34. The van der Waals surface area contributed by atoms with E-state index < -0.39 is 5.91 Å². The van der Waals surface area contributed by atoms with Crippen LogP contribution in [0, 0.1) is 22.7 Å². The largest absolute Gasteiger partial charge is 0.382 e. The molecule has 1 aromatic heterocycles. The third-order valence-electron chi connectivity index (χ3n) is 1.39. The Labute approximate surface area is 73.8 Å². The predicted molar refractivity (Wildman–Crippen MR) is 42.2 cm³/mol. The lowest BCUT2D eigenvalue weighted by Gasteiger charge is -1.97. The standard InChI is InChI=1S/C7H5N5O/c8-2-1-6(13)12-7(10)5(3-9)4-11-12/h4H,1,10H2. The highest BCUT2D eigenvalue weighted by atomic mass is 16.2. The molecule has 1 aromatic rings. The van der Waals surface area contributed by atoms with Crippen molar-refractivity contribution < 1.29 is 4.79 Å². The summed E-state index contributed by atoms with van der Waals surface area (Å²) in [5.74, 6) is -0.566. The van der Waals surface area contributed by atoms with E-state index in [2.05, 4.69) is 5.10 Å². The minimum atomic E-state index is -0.540. The van der Waals surface area contributed by atoms with E-state index in [-0.39, 0.29) is 17.8 Å². The summed E-state index contributed by atoms with van der Waals surface area (Å²) in [5, 5.41) is 20.3. The average molecular weight is 175 g/mol. The second-order valence-electron chi connectivity index (χ2n) is 2.20. The molecule has 6 nitrogen and oxygen atoms in total. The quantitative estimate of drug-likeness (QED) is 0.640. The summed E-state index contributed by atoms with van der Waals surface area (Å²) in [4.78, 5) is 11.1. The van der Waals surface area contributed by atoms with Crippen LogP contribution in [0.3, 0.4) is 0 Å². The van der Waals surface area contributed by atoms with E-state index in [4.69, 9.17) is 16.3 Å². The summed E-state index contributed by atoms with van der Waals surface area (Å²) < 4.78 is 0.849. The fourth-order valence-electron chi connectivity index (χ4n) is 0.785. The highest BCUT2D eigenvalue weighted by Crippen LogP contribution is 2.09. The number of rotatable bonds is 1. The fraction of sp³-hybridized carbons (Fsp3) is 0.143. The summed E-state index contributed by atoms with van der Waals surface area (Å²) in [6, 6.07) is 3.44. The van der Waals surface area contributed by atoms with Crippen molar-refractivity contribution in [2.24, 2.45) is 0 Å². The predicted octanol–water partition coefficient (Wildman–Crippen LogP) is -0.109. The van der Waals surface area contributed by atoms with Crippen molar-refractivity contribution >= 4 is 11.7 Å². The van der Waals surface area contributed by atoms with Crippen molar-refractivity contribution in [3.63, 3.8) is 0 Å². The van der Waals surface area contributed by atoms with E-state index in [1.54, 1.807) is 12.1 Å². The van der Waals surface area contributed by atoms with E-state index >= 15 is 0 Å². The van der Waals surface area contributed by atoms with Gasteiger partial charge in [-0.25, -0.2) is 0 Å². The van der Waals surface area contributed by atoms with Crippen LogP contribution in [0.15, 0.2) is 6.20 Å². The van der Waals surface area contributed by atoms with Crippen LogP contribution in [0.4, 0.5) is 5.82 Å². The average Bonchev–Trinajstić information content (AvgIpc) is 2.47. The zero-order valence-electron chi connectivity index (χ0n) is 6.56. The molecule has 0 aliphatic carbocycles. The van der Waals surface area contributed by atoms with Gasteiger partial charge in [0.25, 0.3) is 5.91 Å². The molecule has 13 heavy (non-hydrogen) atoms. The number of hydrogen-bond acceptors (Lipinski definition) is 5. The van der Waals surface area contributed by atoms with Crippen molar-refractivity contribution in [1.29, 1.82) is 10.5 Å². The highest BCUT2D eigenvalue weighted by molar-refractivity contribution is 5.83. The van der Waals surface area contributed by atoms with Crippen LogP contribution >= 0.6 is 0 Å². The number of carbonyl (C=O) groups excluding carboxylic acids is 1. The number of hydrogen-bond donors (Lipinski definition) is 1. The number of nitriles is 2. The summed E-state index contributed by atoms with van der Waals surface area (Å²) in [5.41, 5.74) is 5.52. The fourth-order valence-corrected chi connectivity index (χ4v) is 0.785. The van der Waals surface area contributed by atoms with E-state index in [1.165, 1.54) is 6.20 Å². The summed E-state index contributed by atoms with van der Waals surface area (Å²) in [7, 11) is 0. The number of nitrogens with two attached hydrogens (primary N) is 1. The Hall–Kier alpha value is -2.34. The van der Waals surface area contributed by atoms with Crippen LogP contribution in [-0.2, 0) is 0 Å². The molecule has 1 rings (SSSR count). The maximum absolute atomic E-state index is 11.1. The summed E-state index contributed by atoms with van der Waals surface area (Å²) >= 11 is 0. The third-order valence-corrected chi connectivity index (χ3v) is 1.39. The number of nitrogens with zero attached hydrogens (tertiary/aromatic N) is 4. The molecule has 0 aromatic carbocycles. The van der Waals surface area contributed by atoms with Crippen LogP contribution < -0.4 is 5.73 Å². The molecule has 0 spiro atoms. The van der Waals surface area contributed by atoms with Crippen LogP contribution in [0.25, 0.3) is 0 Å². The second kappa shape index (κ2) is 3.37. The van der Waals surface area contributed by atoms with E-state index in [1.807, 2.05) is 0 Å².